The number of rotatable bonds is 2. The van der Waals surface area contributed by atoms with Crippen LogP contribution in [-0.4, -0.2) is 0 Å². The fraction of sp³-hybridized carbons (Fsp3) is 0.0667. The maximum absolute atomic E-state index is 13.3. The molecule has 0 saturated carbocycles. The van der Waals surface area contributed by atoms with Gasteiger partial charge in [0.15, 0.2) is 0 Å². The van der Waals surface area contributed by atoms with Gasteiger partial charge in [0.05, 0.1) is 5.38 Å². The molecule has 2 aromatic carbocycles. The Morgan fingerprint density at radius 2 is 1.80 bits per heavy atom. The first kappa shape index (κ1) is 14.0. The van der Waals surface area contributed by atoms with Gasteiger partial charge in [-0.25, -0.2) is 8.78 Å². The van der Waals surface area contributed by atoms with Crippen LogP contribution in [0.2, 0.25) is 0 Å². The van der Waals surface area contributed by atoms with E-state index in [9.17, 15) is 8.78 Å². The second-order valence-electron chi connectivity index (χ2n) is 4.37. The van der Waals surface area contributed by atoms with Crippen LogP contribution in [0.25, 0.3) is 10.1 Å². The average Bonchev–Trinajstić information content (AvgIpc) is 2.82. The summed E-state index contributed by atoms with van der Waals surface area (Å²) in [7, 11) is 0. The first-order valence-corrected chi connectivity index (χ1v) is 7.93. The van der Waals surface area contributed by atoms with E-state index in [-0.39, 0.29) is 0 Å². The number of benzene rings is 2. The average molecular weight is 374 g/mol. The van der Waals surface area contributed by atoms with Crippen LogP contribution in [-0.2, 0) is 0 Å². The highest BCUT2D eigenvalue weighted by molar-refractivity contribution is 9.10. The summed E-state index contributed by atoms with van der Waals surface area (Å²) in [5.74, 6) is -1.24. The molecule has 0 aliphatic heterocycles. The number of fused-ring (bicyclic) bond motifs is 1. The Labute approximate surface area is 132 Å². The third-order valence-corrected chi connectivity index (χ3v) is 5.49. The lowest BCUT2D eigenvalue weighted by atomic mass is 10.0. The fourth-order valence-electron chi connectivity index (χ4n) is 2.14. The van der Waals surface area contributed by atoms with Crippen LogP contribution in [0.1, 0.15) is 16.5 Å². The zero-order valence-electron chi connectivity index (χ0n) is 10.0. The minimum absolute atomic E-state index is 0.420. The van der Waals surface area contributed by atoms with Crippen molar-refractivity contribution in [2.24, 2.45) is 0 Å². The van der Waals surface area contributed by atoms with E-state index in [1.54, 1.807) is 11.3 Å². The van der Waals surface area contributed by atoms with E-state index in [2.05, 4.69) is 15.9 Å². The zero-order chi connectivity index (χ0) is 14.3. The summed E-state index contributed by atoms with van der Waals surface area (Å²) in [6.07, 6.45) is 0. The summed E-state index contributed by atoms with van der Waals surface area (Å²) in [6, 6.07) is 9.20. The normalized spacial score (nSPS) is 12.8. The molecular weight excluding hydrogens is 366 g/mol. The minimum Gasteiger partial charge on any atom is -0.207 e. The summed E-state index contributed by atoms with van der Waals surface area (Å²) in [6.45, 7) is 0. The molecule has 5 heteroatoms. The maximum atomic E-state index is 13.3. The van der Waals surface area contributed by atoms with Crippen molar-refractivity contribution in [3.8, 4) is 0 Å². The smallest absolute Gasteiger partial charge is 0.126 e. The van der Waals surface area contributed by atoms with Gasteiger partial charge in [-0.15, -0.1) is 22.9 Å². The molecule has 0 nitrogen and oxygen atoms in total. The predicted molar refractivity (Wildman–Crippen MR) is 83.6 cm³/mol. The highest BCUT2D eigenvalue weighted by atomic mass is 79.9. The van der Waals surface area contributed by atoms with Crippen molar-refractivity contribution in [1.29, 1.82) is 0 Å². The molecule has 0 saturated heterocycles. The molecule has 0 amide bonds. The molecule has 0 aliphatic rings. The quantitative estimate of drug-likeness (QED) is 0.464. The van der Waals surface area contributed by atoms with Crippen LogP contribution in [0.5, 0.6) is 0 Å². The Morgan fingerprint density at radius 1 is 1.10 bits per heavy atom. The van der Waals surface area contributed by atoms with Gasteiger partial charge >= 0.3 is 0 Å². The van der Waals surface area contributed by atoms with Crippen molar-refractivity contribution in [2.75, 3.05) is 0 Å². The van der Waals surface area contributed by atoms with E-state index < -0.39 is 17.0 Å². The molecule has 0 bridgehead atoms. The van der Waals surface area contributed by atoms with Crippen LogP contribution >= 0.6 is 38.9 Å². The molecule has 3 rings (SSSR count). The van der Waals surface area contributed by atoms with Crippen LogP contribution in [0.3, 0.4) is 0 Å². The van der Waals surface area contributed by atoms with Gasteiger partial charge in [0.2, 0.25) is 0 Å². The summed E-state index contributed by atoms with van der Waals surface area (Å²) in [5.41, 5.74) is 1.28. The van der Waals surface area contributed by atoms with Crippen LogP contribution in [0, 0.1) is 11.6 Å². The van der Waals surface area contributed by atoms with Gasteiger partial charge in [0, 0.05) is 15.2 Å². The number of alkyl halides is 1. The lowest BCUT2D eigenvalue weighted by Crippen LogP contribution is -1.94. The van der Waals surface area contributed by atoms with Gasteiger partial charge < -0.3 is 0 Å². The van der Waals surface area contributed by atoms with Gasteiger partial charge in [0.1, 0.15) is 11.6 Å². The Hall–Kier alpha value is -0.970. The number of halogens is 4. The van der Waals surface area contributed by atoms with Gasteiger partial charge in [0.25, 0.3) is 0 Å². The van der Waals surface area contributed by atoms with Crippen LogP contribution in [0.4, 0.5) is 8.78 Å². The standard InChI is InChI=1S/C15H8BrClF2S/c16-13-3-1-2-11-12(7-20-15(11)13)14(17)8-4-9(18)6-10(19)5-8/h1-7,14H. The molecule has 1 unspecified atom stereocenters. The summed E-state index contributed by atoms with van der Waals surface area (Å²) < 4.78 is 28.7. The molecule has 102 valence electrons. The monoisotopic (exact) mass is 372 g/mol. The molecule has 3 aromatic rings. The summed E-state index contributed by atoms with van der Waals surface area (Å²) >= 11 is 11.4. The van der Waals surface area contributed by atoms with E-state index >= 15 is 0 Å². The lowest BCUT2D eigenvalue weighted by molar-refractivity contribution is 0.580. The van der Waals surface area contributed by atoms with Crippen molar-refractivity contribution in [1.82, 2.24) is 0 Å². The summed E-state index contributed by atoms with van der Waals surface area (Å²) in [4.78, 5) is 0. The van der Waals surface area contributed by atoms with Crippen molar-refractivity contribution >= 4 is 49.0 Å². The third-order valence-electron chi connectivity index (χ3n) is 3.03. The fourth-order valence-corrected chi connectivity index (χ4v) is 4.17. The van der Waals surface area contributed by atoms with E-state index in [4.69, 9.17) is 11.6 Å². The zero-order valence-corrected chi connectivity index (χ0v) is 13.2. The van der Waals surface area contributed by atoms with E-state index in [0.29, 0.717) is 5.56 Å². The van der Waals surface area contributed by atoms with Gasteiger partial charge in [-0.1, -0.05) is 12.1 Å². The summed E-state index contributed by atoms with van der Waals surface area (Å²) in [5, 5.41) is 2.34. The molecule has 20 heavy (non-hydrogen) atoms. The Bertz CT molecular complexity index is 764. The highest BCUT2D eigenvalue weighted by Gasteiger charge is 2.18. The van der Waals surface area contributed by atoms with Crippen molar-refractivity contribution in [3.63, 3.8) is 0 Å². The Morgan fingerprint density at radius 3 is 2.50 bits per heavy atom. The molecule has 0 spiro atoms. The largest absolute Gasteiger partial charge is 0.207 e. The second-order valence-corrected chi connectivity index (χ2v) is 6.54. The first-order chi connectivity index (χ1) is 9.56. The molecular formula is C15H8BrClF2S. The van der Waals surface area contributed by atoms with Crippen LogP contribution in [0.15, 0.2) is 46.3 Å². The van der Waals surface area contributed by atoms with Gasteiger partial charge in [-0.3, -0.25) is 0 Å². The van der Waals surface area contributed by atoms with Crippen molar-refractivity contribution in [2.45, 2.75) is 5.38 Å². The van der Waals surface area contributed by atoms with E-state index in [1.165, 1.54) is 12.1 Å². The predicted octanol–water partition coefficient (Wildman–Crippen LogP) is 6.27. The molecule has 1 aromatic heterocycles. The van der Waals surface area contributed by atoms with Crippen LogP contribution < -0.4 is 0 Å². The number of thiophene rings is 1. The lowest BCUT2D eigenvalue weighted by Gasteiger charge is -2.10. The molecule has 1 heterocycles. The molecule has 0 aliphatic carbocycles. The highest BCUT2D eigenvalue weighted by Crippen LogP contribution is 2.40. The third kappa shape index (κ3) is 2.48. The van der Waals surface area contributed by atoms with Crippen molar-refractivity contribution < 1.29 is 8.78 Å². The number of hydrogen-bond donors (Lipinski definition) is 0. The SMILES string of the molecule is Fc1cc(F)cc(C(Cl)c2csc3c(Br)cccc23)c1. The maximum Gasteiger partial charge on any atom is 0.126 e. The Balaban J connectivity index is 2.13. The van der Waals surface area contributed by atoms with E-state index in [0.717, 1.165) is 26.2 Å². The van der Waals surface area contributed by atoms with Gasteiger partial charge in [-0.2, -0.15) is 0 Å². The second kappa shape index (κ2) is 5.43. The molecule has 0 radical (unpaired) electrons. The molecule has 1 atom stereocenters. The molecule has 0 fully saturated rings. The van der Waals surface area contributed by atoms with E-state index in [1.807, 2.05) is 23.6 Å². The van der Waals surface area contributed by atoms with Crippen molar-refractivity contribution in [3.05, 3.63) is 69.0 Å². The molecule has 0 N–H and O–H groups in total. The minimum atomic E-state index is -0.619. The topological polar surface area (TPSA) is 0 Å². The Kier molecular flexibility index (Phi) is 3.80. The number of hydrogen-bond acceptors (Lipinski definition) is 1. The van der Waals surface area contributed by atoms with Gasteiger partial charge in [-0.05, 0) is 56.0 Å². The first-order valence-electron chi connectivity index (χ1n) is 5.82.